The molecule has 0 saturated heterocycles. The van der Waals surface area contributed by atoms with Crippen LogP contribution in [0, 0.1) is 5.92 Å². The number of allylic oxidation sites excluding steroid dienone is 2. The summed E-state index contributed by atoms with van der Waals surface area (Å²) in [5.41, 5.74) is 2.63. The van der Waals surface area contributed by atoms with Crippen LogP contribution in [0.1, 0.15) is 18.5 Å². The number of aliphatic imine (C=N–C) groups is 1. The number of nitrogens with zero attached hydrogens (tertiary/aromatic N) is 2. The Morgan fingerprint density at radius 1 is 1.44 bits per heavy atom. The first kappa shape index (κ1) is 9.58. The fourth-order valence-electron chi connectivity index (χ4n) is 2.49. The normalized spacial score (nSPS) is 27.6. The van der Waals surface area contributed by atoms with Crippen LogP contribution in [0.4, 0.5) is 0 Å². The fourth-order valence-corrected chi connectivity index (χ4v) is 2.49. The van der Waals surface area contributed by atoms with Gasteiger partial charge in [0.15, 0.2) is 0 Å². The van der Waals surface area contributed by atoms with Gasteiger partial charge in [-0.1, -0.05) is 12.2 Å². The molecule has 0 bridgehead atoms. The van der Waals surface area contributed by atoms with E-state index in [1.807, 2.05) is 18.5 Å². The lowest BCUT2D eigenvalue weighted by Crippen LogP contribution is -2.21. The van der Waals surface area contributed by atoms with Crippen LogP contribution in [0.25, 0.3) is 0 Å². The summed E-state index contributed by atoms with van der Waals surface area (Å²) in [5, 5.41) is 0. The Labute approximate surface area is 95.0 Å². The molecular formula is C13H15N3. The van der Waals surface area contributed by atoms with Crippen LogP contribution in [0.5, 0.6) is 0 Å². The standard InChI is InChI=1S/C13H15N3/c1-2-11-4-3-10(7-13(11)15-5-1)6-12-8-14-9-16-12/h1-2,4-5,8-10,13H,3,6-7H2,(H,14,16). The van der Waals surface area contributed by atoms with Gasteiger partial charge in [0.2, 0.25) is 0 Å². The molecule has 1 aliphatic heterocycles. The van der Waals surface area contributed by atoms with Gasteiger partial charge in [-0.3, -0.25) is 4.99 Å². The van der Waals surface area contributed by atoms with E-state index in [-0.39, 0.29) is 0 Å². The highest BCUT2D eigenvalue weighted by Gasteiger charge is 2.23. The van der Waals surface area contributed by atoms with Crippen molar-refractivity contribution in [2.75, 3.05) is 0 Å². The zero-order valence-electron chi connectivity index (χ0n) is 9.13. The van der Waals surface area contributed by atoms with Crippen LogP contribution in [0.2, 0.25) is 0 Å². The molecule has 1 aromatic heterocycles. The Balaban J connectivity index is 1.70. The average molecular weight is 213 g/mol. The summed E-state index contributed by atoms with van der Waals surface area (Å²) in [6, 6.07) is 0.395. The van der Waals surface area contributed by atoms with E-state index in [9.17, 15) is 0 Å². The van der Waals surface area contributed by atoms with Crippen molar-refractivity contribution in [3.63, 3.8) is 0 Å². The Bertz CT molecular complexity index is 440. The van der Waals surface area contributed by atoms with Crippen molar-refractivity contribution in [2.24, 2.45) is 10.9 Å². The van der Waals surface area contributed by atoms with Crippen molar-refractivity contribution in [1.82, 2.24) is 9.97 Å². The highest BCUT2D eigenvalue weighted by atomic mass is 14.9. The molecule has 3 nitrogen and oxygen atoms in total. The van der Waals surface area contributed by atoms with E-state index in [1.165, 1.54) is 11.3 Å². The molecule has 3 rings (SSSR count). The summed E-state index contributed by atoms with van der Waals surface area (Å²) >= 11 is 0. The van der Waals surface area contributed by atoms with Gasteiger partial charge in [0.25, 0.3) is 0 Å². The molecular weight excluding hydrogens is 198 g/mol. The monoisotopic (exact) mass is 213 g/mol. The Hall–Kier alpha value is -1.64. The highest BCUT2D eigenvalue weighted by molar-refractivity contribution is 5.74. The van der Waals surface area contributed by atoms with Crippen LogP contribution in [-0.4, -0.2) is 22.2 Å². The molecule has 1 aromatic rings. The first-order valence-electron chi connectivity index (χ1n) is 5.79. The second-order valence-corrected chi connectivity index (χ2v) is 4.50. The van der Waals surface area contributed by atoms with E-state index >= 15 is 0 Å². The van der Waals surface area contributed by atoms with Gasteiger partial charge in [0.1, 0.15) is 0 Å². The maximum Gasteiger partial charge on any atom is 0.0921 e. The van der Waals surface area contributed by atoms with Crippen LogP contribution in [0.15, 0.2) is 41.3 Å². The minimum atomic E-state index is 0.395. The molecule has 82 valence electrons. The number of fused-ring (bicyclic) bond motifs is 1. The SMILES string of the molecule is C1=CC2=CCC(Cc3cnc[nH]3)CC2N=C1. The van der Waals surface area contributed by atoms with E-state index in [0.717, 1.165) is 19.3 Å². The number of aromatic nitrogens is 2. The van der Waals surface area contributed by atoms with Gasteiger partial charge >= 0.3 is 0 Å². The molecule has 0 saturated carbocycles. The van der Waals surface area contributed by atoms with E-state index in [1.54, 1.807) is 6.33 Å². The predicted molar refractivity (Wildman–Crippen MR) is 64.5 cm³/mol. The van der Waals surface area contributed by atoms with Crippen molar-refractivity contribution in [1.29, 1.82) is 0 Å². The topological polar surface area (TPSA) is 41.0 Å². The van der Waals surface area contributed by atoms with E-state index < -0.39 is 0 Å². The minimum absolute atomic E-state index is 0.395. The molecule has 0 fully saturated rings. The quantitative estimate of drug-likeness (QED) is 0.804. The molecule has 16 heavy (non-hydrogen) atoms. The van der Waals surface area contributed by atoms with Crippen LogP contribution < -0.4 is 0 Å². The van der Waals surface area contributed by atoms with Crippen molar-refractivity contribution in [2.45, 2.75) is 25.3 Å². The molecule has 1 aliphatic carbocycles. The largest absolute Gasteiger partial charge is 0.348 e. The molecule has 0 aromatic carbocycles. The molecule has 2 heterocycles. The molecule has 2 aliphatic rings. The summed E-state index contributed by atoms with van der Waals surface area (Å²) in [5.74, 6) is 0.692. The molecule has 3 heteroatoms. The summed E-state index contributed by atoms with van der Waals surface area (Å²) in [6.07, 6.45) is 15.5. The van der Waals surface area contributed by atoms with Gasteiger partial charge < -0.3 is 4.98 Å². The summed E-state index contributed by atoms with van der Waals surface area (Å²) < 4.78 is 0. The fraction of sp³-hybridized carbons (Fsp3) is 0.385. The third kappa shape index (κ3) is 1.85. The summed E-state index contributed by atoms with van der Waals surface area (Å²) in [6.45, 7) is 0. The van der Waals surface area contributed by atoms with Crippen LogP contribution in [0.3, 0.4) is 0 Å². The van der Waals surface area contributed by atoms with Crippen molar-refractivity contribution in [3.8, 4) is 0 Å². The van der Waals surface area contributed by atoms with Gasteiger partial charge in [0.05, 0.1) is 12.4 Å². The average Bonchev–Trinajstić information content (AvgIpc) is 2.82. The zero-order valence-corrected chi connectivity index (χ0v) is 9.13. The van der Waals surface area contributed by atoms with Gasteiger partial charge in [-0.05, 0) is 36.8 Å². The molecule has 1 N–H and O–H groups in total. The first-order chi connectivity index (χ1) is 7.92. The van der Waals surface area contributed by atoms with E-state index in [2.05, 4.69) is 27.1 Å². The van der Waals surface area contributed by atoms with E-state index in [4.69, 9.17) is 0 Å². The number of aromatic amines is 1. The second-order valence-electron chi connectivity index (χ2n) is 4.50. The van der Waals surface area contributed by atoms with Crippen LogP contribution in [-0.2, 0) is 6.42 Å². The van der Waals surface area contributed by atoms with Gasteiger partial charge in [0, 0.05) is 18.1 Å². The number of hydrogen-bond acceptors (Lipinski definition) is 2. The van der Waals surface area contributed by atoms with Crippen LogP contribution >= 0.6 is 0 Å². The number of rotatable bonds is 2. The lowest BCUT2D eigenvalue weighted by molar-refractivity contribution is 0.435. The molecule has 0 radical (unpaired) electrons. The Morgan fingerprint density at radius 3 is 3.31 bits per heavy atom. The maximum atomic E-state index is 4.53. The van der Waals surface area contributed by atoms with Gasteiger partial charge in [-0.15, -0.1) is 0 Å². The second kappa shape index (κ2) is 4.08. The number of nitrogens with one attached hydrogen (secondary N) is 1. The highest BCUT2D eigenvalue weighted by Crippen LogP contribution is 2.30. The summed E-state index contributed by atoms with van der Waals surface area (Å²) in [7, 11) is 0. The number of hydrogen-bond donors (Lipinski definition) is 1. The lowest BCUT2D eigenvalue weighted by atomic mass is 9.83. The van der Waals surface area contributed by atoms with Crippen molar-refractivity contribution in [3.05, 3.63) is 42.0 Å². The number of imidazole rings is 1. The minimum Gasteiger partial charge on any atom is -0.348 e. The van der Waals surface area contributed by atoms with Crippen molar-refractivity contribution < 1.29 is 0 Å². The third-order valence-corrected chi connectivity index (χ3v) is 3.33. The number of dihydropyridines is 1. The zero-order chi connectivity index (χ0) is 10.8. The molecule has 0 amide bonds. The van der Waals surface area contributed by atoms with Gasteiger partial charge in [-0.25, -0.2) is 4.98 Å². The molecule has 2 unspecified atom stereocenters. The molecule has 0 spiro atoms. The Kier molecular flexibility index (Phi) is 2.44. The number of H-pyrrole nitrogens is 1. The van der Waals surface area contributed by atoms with Gasteiger partial charge in [-0.2, -0.15) is 0 Å². The van der Waals surface area contributed by atoms with Crippen molar-refractivity contribution >= 4 is 6.21 Å². The predicted octanol–water partition coefficient (Wildman–Crippen LogP) is 2.30. The maximum absolute atomic E-state index is 4.53. The van der Waals surface area contributed by atoms with E-state index in [0.29, 0.717) is 12.0 Å². The third-order valence-electron chi connectivity index (χ3n) is 3.33. The lowest BCUT2D eigenvalue weighted by Gasteiger charge is -2.27. The first-order valence-corrected chi connectivity index (χ1v) is 5.79. The Morgan fingerprint density at radius 2 is 2.44 bits per heavy atom. The molecule has 2 atom stereocenters. The summed E-state index contributed by atoms with van der Waals surface area (Å²) in [4.78, 5) is 11.8. The smallest absolute Gasteiger partial charge is 0.0921 e.